The summed E-state index contributed by atoms with van der Waals surface area (Å²) in [6, 6.07) is 11.0. The third-order valence-corrected chi connectivity index (χ3v) is 7.45. The Morgan fingerprint density at radius 3 is 2.40 bits per heavy atom. The number of methoxy groups -OCH3 is 1. The van der Waals surface area contributed by atoms with Crippen LogP contribution in [0.3, 0.4) is 0 Å². The number of hydrogen-bond acceptors (Lipinski definition) is 7. The van der Waals surface area contributed by atoms with Crippen LogP contribution in [0.25, 0.3) is 0 Å². The molecule has 0 atom stereocenters. The lowest BCUT2D eigenvalue weighted by Gasteiger charge is -2.34. The molecule has 0 unspecified atom stereocenters. The number of hydrogen-bond donors (Lipinski definition) is 0. The molecule has 35 heavy (non-hydrogen) atoms. The molecule has 0 N–H and O–H groups in total. The number of carbonyl (C=O) groups excluding carboxylic acids is 1. The molecule has 0 spiro atoms. The van der Waals surface area contributed by atoms with Crippen molar-refractivity contribution in [3.63, 3.8) is 0 Å². The number of nitro groups is 1. The molecule has 0 bridgehead atoms. The van der Waals surface area contributed by atoms with Gasteiger partial charge in [-0.1, -0.05) is 25.0 Å². The monoisotopic (exact) mass is 481 g/mol. The zero-order valence-electron chi connectivity index (χ0n) is 20.9. The average molecular weight is 482 g/mol. The number of anilines is 1. The van der Waals surface area contributed by atoms with Crippen LogP contribution in [0.15, 0.2) is 36.4 Å². The zero-order chi connectivity index (χ0) is 25.0. The highest BCUT2D eigenvalue weighted by atomic mass is 16.6. The number of ether oxygens (including phenoxy) is 2. The Morgan fingerprint density at radius 1 is 1.17 bits per heavy atom. The van der Waals surface area contributed by atoms with Crippen LogP contribution in [-0.2, 0) is 16.8 Å². The molecule has 0 aromatic heterocycles. The molecule has 8 heteroatoms. The van der Waals surface area contributed by atoms with Crippen LogP contribution in [0.4, 0.5) is 11.4 Å². The molecule has 0 radical (unpaired) electrons. The van der Waals surface area contributed by atoms with E-state index in [9.17, 15) is 14.9 Å². The van der Waals surface area contributed by atoms with Crippen molar-refractivity contribution < 1.29 is 19.2 Å². The summed E-state index contributed by atoms with van der Waals surface area (Å²) in [5, 5.41) is 11.9. The standard InChI is InChI=1S/C27H35N3O5/c1-28-14-10-23(11-15-28)35-25-17-21(30(32)33)16-24(27(19-31)12-4-5-13-27)26(25)29(2)18-20-6-8-22(34-3)9-7-20/h6-9,16-17,19,23H,4-5,10-15,18H2,1-3H3. The van der Waals surface area contributed by atoms with E-state index in [0.717, 1.165) is 62.1 Å². The van der Waals surface area contributed by atoms with Crippen LogP contribution in [0.1, 0.15) is 49.7 Å². The molecular formula is C27H35N3O5. The van der Waals surface area contributed by atoms with E-state index in [1.54, 1.807) is 13.2 Å². The summed E-state index contributed by atoms with van der Waals surface area (Å²) in [4.78, 5) is 28.4. The van der Waals surface area contributed by atoms with Gasteiger partial charge >= 0.3 is 0 Å². The quantitative estimate of drug-likeness (QED) is 0.291. The minimum atomic E-state index is -0.736. The maximum absolute atomic E-state index is 12.5. The molecule has 1 heterocycles. The molecule has 1 saturated heterocycles. The van der Waals surface area contributed by atoms with Gasteiger partial charge in [-0.05, 0) is 56.0 Å². The van der Waals surface area contributed by atoms with Crippen molar-refractivity contribution >= 4 is 17.7 Å². The molecule has 2 fully saturated rings. The molecular weight excluding hydrogens is 446 g/mol. The van der Waals surface area contributed by atoms with Gasteiger partial charge in [0.15, 0.2) is 0 Å². The topological polar surface area (TPSA) is 85.2 Å². The van der Waals surface area contributed by atoms with Crippen molar-refractivity contribution in [1.82, 2.24) is 4.90 Å². The molecule has 1 saturated carbocycles. The molecule has 2 aromatic rings. The van der Waals surface area contributed by atoms with Crippen molar-refractivity contribution in [3.05, 3.63) is 57.6 Å². The second kappa shape index (κ2) is 10.6. The van der Waals surface area contributed by atoms with Gasteiger partial charge in [-0.15, -0.1) is 0 Å². The summed E-state index contributed by atoms with van der Waals surface area (Å²) >= 11 is 0. The highest BCUT2D eigenvalue weighted by Crippen LogP contribution is 2.49. The van der Waals surface area contributed by atoms with Crippen LogP contribution < -0.4 is 14.4 Å². The van der Waals surface area contributed by atoms with Gasteiger partial charge in [0.05, 0.1) is 29.2 Å². The van der Waals surface area contributed by atoms with Crippen molar-refractivity contribution in [3.8, 4) is 11.5 Å². The van der Waals surface area contributed by atoms with Gasteiger partial charge in [0.1, 0.15) is 23.9 Å². The predicted molar refractivity (Wildman–Crippen MR) is 136 cm³/mol. The highest BCUT2D eigenvalue weighted by molar-refractivity contribution is 5.79. The largest absolute Gasteiger partial charge is 0.497 e. The fourth-order valence-corrected chi connectivity index (χ4v) is 5.38. The third-order valence-electron chi connectivity index (χ3n) is 7.45. The molecule has 188 valence electrons. The second-order valence-corrected chi connectivity index (χ2v) is 9.90. The maximum atomic E-state index is 12.5. The first-order chi connectivity index (χ1) is 16.8. The Balaban J connectivity index is 1.79. The summed E-state index contributed by atoms with van der Waals surface area (Å²) in [5.41, 5.74) is 1.78. The van der Waals surface area contributed by atoms with E-state index in [4.69, 9.17) is 9.47 Å². The third kappa shape index (κ3) is 5.42. The zero-order valence-corrected chi connectivity index (χ0v) is 20.9. The van der Waals surface area contributed by atoms with Crippen molar-refractivity contribution in [2.24, 2.45) is 0 Å². The van der Waals surface area contributed by atoms with E-state index in [0.29, 0.717) is 30.7 Å². The predicted octanol–water partition coefficient (Wildman–Crippen LogP) is 4.72. The smallest absolute Gasteiger partial charge is 0.273 e. The molecule has 1 aliphatic heterocycles. The van der Waals surface area contributed by atoms with Gasteiger partial charge in [-0.25, -0.2) is 0 Å². The summed E-state index contributed by atoms with van der Waals surface area (Å²) in [5.74, 6) is 1.28. The number of rotatable bonds is 9. The van der Waals surface area contributed by atoms with Crippen LogP contribution >= 0.6 is 0 Å². The average Bonchev–Trinajstić information content (AvgIpc) is 3.36. The van der Waals surface area contributed by atoms with E-state index in [1.807, 2.05) is 31.3 Å². The molecule has 0 amide bonds. The first kappa shape index (κ1) is 25.0. The molecule has 2 aliphatic rings. The van der Waals surface area contributed by atoms with Gasteiger partial charge < -0.3 is 24.1 Å². The van der Waals surface area contributed by atoms with E-state index < -0.39 is 5.41 Å². The van der Waals surface area contributed by atoms with Crippen molar-refractivity contribution in [2.75, 3.05) is 39.2 Å². The summed E-state index contributed by atoms with van der Waals surface area (Å²) in [6.45, 7) is 2.40. The van der Waals surface area contributed by atoms with Gasteiger partial charge in [0.2, 0.25) is 0 Å². The number of nitro benzene ring substituents is 1. The number of carbonyl (C=O) groups is 1. The summed E-state index contributed by atoms with van der Waals surface area (Å²) < 4.78 is 11.8. The van der Waals surface area contributed by atoms with Crippen LogP contribution in [0, 0.1) is 10.1 Å². The van der Waals surface area contributed by atoms with Gasteiger partial charge in [-0.2, -0.15) is 0 Å². The van der Waals surface area contributed by atoms with Gasteiger partial charge in [-0.3, -0.25) is 10.1 Å². The number of piperidine rings is 1. The SMILES string of the molecule is COc1ccc(CN(C)c2c(OC3CCN(C)CC3)cc([N+](=O)[O-])cc2C2(C=O)CCCC2)cc1. The number of benzene rings is 2. The van der Waals surface area contributed by atoms with Crippen molar-refractivity contribution in [2.45, 2.75) is 56.6 Å². The number of non-ortho nitro benzene ring substituents is 1. The minimum Gasteiger partial charge on any atom is -0.497 e. The lowest BCUT2D eigenvalue weighted by molar-refractivity contribution is -0.385. The van der Waals surface area contributed by atoms with E-state index >= 15 is 0 Å². The van der Waals surface area contributed by atoms with E-state index in [1.165, 1.54) is 6.07 Å². The minimum absolute atomic E-state index is 0.0232. The number of likely N-dealkylation sites (tertiary alicyclic amines) is 1. The van der Waals surface area contributed by atoms with E-state index in [2.05, 4.69) is 16.8 Å². The Bertz CT molecular complexity index is 1040. The fraction of sp³-hybridized carbons (Fsp3) is 0.519. The van der Waals surface area contributed by atoms with Crippen molar-refractivity contribution in [1.29, 1.82) is 0 Å². The molecule has 1 aliphatic carbocycles. The fourth-order valence-electron chi connectivity index (χ4n) is 5.38. The van der Waals surface area contributed by atoms with Gasteiger partial charge in [0, 0.05) is 32.7 Å². The summed E-state index contributed by atoms with van der Waals surface area (Å²) in [7, 11) is 5.69. The number of aldehydes is 1. The van der Waals surface area contributed by atoms with E-state index in [-0.39, 0.29) is 16.7 Å². The number of nitrogens with zero attached hydrogens (tertiary/aromatic N) is 3. The summed E-state index contributed by atoms with van der Waals surface area (Å²) in [6.07, 6.45) is 5.92. The Hall–Kier alpha value is -3.13. The lowest BCUT2D eigenvalue weighted by Crippen LogP contribution is -2.36. The Kier molecular flexibility index (Phi) is 7.60. The molecule has 2 aromatic carbocycles. The highest BCUT2D eigenvalue weighted by Gasteiger charge is 2.40. The Morgan fingerprint density at radius 2 is 1.83 bits per heavy atom. The lowest BCUT2D eigenvalue weighted by atomic mass is 9.78. The molecule has 4 rings (SSSR count). The van der Waals surface area contributed by atoms with Gasteiger partial charge in [0.25, 0.3) is 5.69 Å². The first-order valence-corrected chi connectivity index (χ1v) is 12.3. The van der Waals surface area contributed by atoms with Crippen LogP contribution in [0.5, 0.6) is 11.5 Å². The maximum Gasteiger partial charge on any atom is 0.273 e. The first-order valence-electron chi connectivity index (χ1n) is 12.3. The normalized spacial score (nSPS) is 18.3. The van der Waals surface area contributed by atoms with Crippen LogP contribution in [-0.4, -0.2) is 56.5 Å². The Labute approximate surface area is 207 Å². The van der Waals surface area contributed by atoms with Crippen LogP contribution in [0.2, 0.25) is 0 Å². The molecule has 8 nitrogen and oxygen atoms in total. The second-order valence-electron chi connectivity index (χ2n) is 9.90.